The van der Waals surface area contributed by atoms with Gasteiger partial charge in [0.15, 0.2) is 0 Å². The molecule has 0 spiro atoms. The molecule has 1 aromatic rings. The Bertz CT molecular complexity index is 477. The summed E-state index contributed by atoms with van der Waals surface area (Å²) in [5.41, 5.74) is 1.24. The third-order valence-electron chi connectivity index (χ3n) is 4.93. The van der Waals surface area contributed by atoms with E-state index in [0.29, 0.717) is 0 Å². The van der Waals surface area contributed by atoms with Crippen LogP contribution in [0, 0.1) is 0 Å². The van der Waals surface area contributed by atoms with Crippen LogP contribution in [0.5, 0.6) is 5.75 Å². The predicted octanol–water partition coefficient (Wildman–Crippen LogP) is 3.27. The molecular weight excluding hydrogens is 272 g/mol. The number of hydrogen-bond acceptors (Lipinski definition) is 3. The lowest BCUT2D eigenvalue weighted by Gasteiger charge is -2.37. The van der Waals surface area contributed by atoms with Gasteiger partial charge in [0, 0.05) is 19.1 Å². The van der Waals surface area contributed by atoms with Crippen LogP contribution in [0.3, 0.4) is 0 Å². The summed E-state index contributed by atoms with van der Waals surface area (Å²) in [6.45, 7) is 6.20. The topological polar surface area (TPSA) is 15.7 Å². The third kappa shape index (κ3) is 4.11. The van der Waals surface area contributed by atoms with Gasteiger partial charge in [-0.2, -0.15) is 0 Å². The first-order valence-corrected chi connectivity index (χ1v) is 8.62. The molecule has 0 saturated carbocycles. The summed E-state index contributed by atoms with van der Waals surface area (Å²) in [5, 5.41) is 0. The fraction of sp³-hybridized carbons (Fsp3) is 0.579. The van der Waals surface area contributed by atoms with Gasteiger partial charge in [0.05, 0.1) is 7.11 Å². The highest BCUT2D eigenvalue weighted by Gasteiger charge is 2.26. The maximum atomic E-state index is 5.19. The van der Waals surface area contributed by atoms with Crippen LogP contribution < -0.4 is 4.74 Å². The molecule has 2 fully saturated rings. The van der Waals surface area contributed by atoms with Gasteiger partial charge in [-0.15, -0.1) is 0 Å². The van der Waals surface area contributed by atoms with E-state index in [1.54, 1.807) is 7.11 Å². The maximum Gasteiger partial charge on any atom is 0.118 e. The van der Waals surface area contributed by atoms with Crippen molar-refractivity contribution < 1.29 is 4.74 Å². The van der Waals surface area contributed by atoms with Gasteiger partial charge < -0.3 is 4.74 Å². The zero-order valence-corrected chi connectivity index (χ0v) is 13.7. The van der Waals surface area contributed by atoms with Gasteiger partial charge in [0.25, 0.3) is 0 Å². The highest BCUT2D eigenvalue weighted by molar-refractivity contribution is 5.50. The zero-order chi connectivity index (χ0) is 15.2. The van der Waals surface area contributed by atoms with Crippen LogP contribution in [0.4, 0.5) is 0 Å². The van der Waals surface area contributed by atoms with Crippen molar-refractivity contribution in [2.75, 3.05) is 39.8 Å². The van der Waals surface area contributed by atoms with E-state index in [-0.39, 0.29) is 0 Å². The van der Waals surface area contributed by atoms with Gasteiger partial charge in [-0.1, -0.05) is 24.3 Å². The van der Waals surface area contributed by atoms with Crippen molar-refractivity contribution >= 4 is 6.08 Å². The number of likely N-dealkylation sites (tertiary alicyclic amines) is 2. The first kappa shape index (κ1) is 15.6. The summed E-state index contributed by atoms with van der Waals surface area (Å²) in [5.74, 6) is 0.918. The molecule has 0 unspecified atom stereocenters. The average Bonchev–Trinajstić information content (AvgIpc) is 3.10. The normalized spacial score (nSPS) is 24.1. The highest BCUT2D eigenvalue weighted by atomic mass is 16.5. The Morgan fingerprint density at radius 2 is 1.86 bits per heavy atom. The molecule has 0 radical (unpaired) electrons. The Labute approximate surface area is 134 Å². The van der Waals surface area contributed by atoms with Crippen molar-refractivity contribution in [2.24, 2.45) is 0 Å². The standard InChI is InChI=1S/C19H28N2O/c1-22-19-10-8-17(9-11-19)6-4-12-20-13-5-7-18(16-20)21-14-2-3-15-21/h4,6,8-11,18H,2-3,5,7,12-16H2,1H3/b6-4+/t18-/m1/s1. The van der Waals surface area contributed by atoms with Gasteiger partial charge in [-0.05, 0) is 63.0 Å². The quantitative estimate of drug-likeness (QED) is 0.830. The molecule has 3 nitrogen and oxygen atoms in total. The van der Waals surface area contributed by atoms with E-state index in [9.17, 15) is 0 Å². The minimum absolute atomic E-state index is 0.797. The lowest BCUT2D eigenvalue weighted by atomic mass is 10.0. The van der Waals surface area contributed by atoms with Gasteiger partial charge >= 0.3 is 0 Å². The Kier molecular flexibility index (Phi) is 5.52. The largest absolute Gasteiger partial charge is 0.497 e. The predicted molar refractivity (Wildman–Crippen MR) is 92.3 cm³/mol. The van der Waals surface area contributed by atoms with E-state index in [1.807, 2.05) is 12.1 Å². The average molecular weight is 300 g/mol. The van der Waals surface area contributed by atoms with Crippen molar-refractivity contribution in [3.8, 4) is 5.75 Å². The van der Waals surface area contributed by atoms with Crippen LogP contribution in [0.15, 0.2) is 30.3 Å². The molecule has 0 amide bonds. The van der Waals surface area contributed by atoms with E-state index in [1.165, 1.54) is 57.4 Å². The fourth-order valence-corrected chi connectivity index (χ4v) is 3.65. The Balaban J connectivity index is 1.48. The zero-order valence-electron chi connectivity index (χ0n) is 13.7. The summed E-state index contributed by atoms with van der Waals surface area (Å²) in [6, 6.07) is 9.05. The monoisotopic (exact) mass is 300 g/mol. The molecule has 2 aliphatic heterocycles. The minimum Gasteiger partial charge on any atom is -0.497 e. The van der Waals surface area contributed by atoms with Gasteiger partial charge in [0.1, 0.15) is 5.75 Å². The number of methoxy groups -OCH3 is 1. The fourth-order valence-electron chi connectivity index (χ4n) is 3.65. The first-order valence-electron chi connectivity index (χ1n) is 8.62. The highest BCUT2D eigenvalue weighted by Crippen LogP contribution is 2.20. The van der Waals surface area contributed by atoms with E-state index in [4.69, 9.17) is 4.74 Å². The van der Waals surface area contributed by atoms with E-state index in [0.717, 1.165) is 18.3 Å². The molecular formula is C19H28N2O. The number of nitrogens with zero attached hydrogens (tertiary/aromatic N) is 2. The van der Waals surface area contributed by atoms with Crippen molar-refractivity contribution in [1.82, 2.24) is 9.80 Å². The van der Waals surface area contributed by atoms with Crippen LogP contribution in [0.1, 0.15) is 31.2 Å². The molecule has 0 bridgehead atoms. The van der Waals surface area contributed by atoms with Gasteiger partial charge in [-0.3, -0.25) is 9.80 Å². The molecule has 3 rings (SSSR count). The van der Waals surface area contributed by atoms with Gasteiger partial charge in [-0.25, -0.2) is 0 Å². The molecule has 2 aliphatic rings. The minimum atomic E-state index is 0.797. The Morgan fingerprint density at radius 1 is 1.09 bits per heavy atom. The van der Waals surface area contributed by atoms with Crippen molar-refractivity contribution in [2.45, 2.75) is 31.7 Å². The van der Waals surface area contributed by atoms with Gasteiger partial charge in [0.2, 0.25) is 0 Å². The SMILES string of the molecule is COc1ccc(/C=C/CN2CCC[C@@H](N3CCCC3)C2)cc1. The smallest absolute Gasteiger partial charge is 0.118 e. The second kappa shape index (κ2) is 7.80. The van der Waals surface area contributed by atoms with Crippen LogP contribution in [-0.2, 0) is 0 Å². The second-order valence-corrected chi connectivity index (χ2v) is 6.47. The van der Waals surface area contributed by atoms with Crippen molar-refractivity contribution in [3.63, 3.8) is 0 Å². The lowest BCUT2D eigenvalue weighted by molar-refractivity contribution is 0.124. The molecule has 22 heavy (non-hydrogen) atoms. The van der Waals surface area contributed by atoms with Crippen LogP contribution in [0.25, 0.3) is 6.08 Å². The second-order valence-electron chi connectivity index (χ2n) is 6.47. The summed E-state index contributed by atoms with van der Waals surface area (Å²) in [6.07, 6.45) is 10.0. The molecule has 2 saturated heterocycles. The molecule has 120 valence electrons. The first-order chi connectivity index (χ1) is 10.8. The molecule has 1 atom stereocenters. The molecule has 0 N–H and O–H groups in total. The molecule has 3 heteroatoms. The van der Waals surface area contributed by atoms with E-state index in [2.05, 4.69) is 34.1 Å². The van der Waals surface area contributed by atoms with E-state index >= 15 is 0 Å². The maximum absolute atomic E-state index is 5.19. The van der Waals surface area contributed by atoms with E-state index < -0.39 is 0 Å². The molecule has 2 heterocycles. The molecule has 0 aromatic heterocycles. The lowest BCUT2D eigenvalue weighted by Crippen LogP contribution is -2.46. The number of hydrogen-bond donors (Lipinski definition) is 0. The number of benzene rings is 1. The summed E-state index contributed by atoms with van der Waals surface area (Å²) in [7, 11) is 1.71. The van der Waals surface area contributed by atoms with Crippen LogP contribution >= 0.6 is 0 Å². The van der Waals surface area contributed by atoms with Crippen LogP contribution in [-0.4, -0.2) is 55.7 Å². The number of piperidine rings is 1. The number of ether oxygens (including phenoxy) is 1. The van der Waals surface area contributed by atoms with Crippen molar-refractivity contribution in [3.05, 3.63) is 35.9 Å². The summed E-state index contributed by atoms with van der Waals surface area (Å²) >= 11 is 0. The van der Waals surface area contributed by atoms with Crippen LogP contribution in [0.2, 0.25) is 0 Å². The Morgan fingerprint density at radius 3 is 2.59 bits per heavy atom. The third-order valence-corrected chi connectivity index (χ3v) is 4.93. The molecule has 0 aliphatic carbocycles. The molecule has 1 aromatic carbocycles. The number of rotatable bonds is 5. The summed E-state index contributed by atoms with van der Waals surface area (Å²) < 4.78 is 5.19. The van der Waals surface area contributed by atoms with Crippen molar-refractivity contribution in [1.29, 1.82) is 0 Å². The Hall–Kier alpha value is -1.32. The summed E-state index contributed by atoms with van der Waals surface area (Å²) in [4.78, 5) is 5.31.